The molecule has 30 heavy (non-hydrogen) atoms. The first-order chi connectivity index (χ1) is 14.7. The Hall–Kier alpha value is -2.90. The molecule has 6 nitrogen and oxygen atoms in total. The molecule has 0 spiro atoms. The number of carbonyl (C=O) groups excluding carboxylic acids is 1. The van der Waals surface area contributed by atoms with Gasteiger partial charge in [-0.2, -0.15) is 0 Å². The normalized spacial score (nSPS) is 14.5. The van der Waals surface area contributed by atoms with Crippen LogP contribution in [0.3, 0.4) is 0 Å². The van der Waals surface area contributed by atoms with E-state index in [1.807, 2.05) is 23.1 Å². The van der Waals surface area contributed by atoms with Crippen LogP contribution < -0.4 is 9.47 Å². The zero-order chi connectivity index (χ0) is 20.9. The van der Waals surface area contributed by atoms with Gasteiger partial charge in [0.2, 0.25) is 0 Å². The average molecular weight is 424 g/mol. The molecule has 156 valence electrons. The summed E-state index contributed by atoms with van der Waals surface area (Å²) in [7, 11) is 3.17. The van der Waals surface area contributed by atoms with Crippen molar-refractivity contribution in [2.75, 3.05) is 40.4 Å². The number of rotatable bonds is 6. The summed E-state index contributed by atoms with van der Waals surface area (Å²) >= 11 is 1.67. The van der Waals surface area contributed by atoms with Crippen molar-refractivity contribution in [3.05, 3.63) is 65.2 Å². The number of carbonyl (C=O) groups is 1. The quantitative estimate of drug-likeness (QED) is 0.604. The van der Waals surface area contributed by atoms with Gasteiger partial charge in [-0.15, -0.1) is 11.3 Å². The minimum absolute atomic E-state index is 0.00636. The first-order valence-corrected chi connectivity index (χ1v) is 10.8. The van der Waals surface area contributed by atoms with Gasteiger partial charge in [0.1, 0.15) is 16.5 Å². The van der Waals surface area contributed by atoms with Crippen LogP contribution in [0.2, 0.25) is 0 Å². The molecule has 0 atom stereocenters. The molecule has 3 aromatic rings. The van der Waals surface area contributed by atoms with Crippen molar-refractivity contribution < 1.29 is 14.3 Å². The Kier molecular flexibility index (Phi) is 6.30. The molecular formula is C23H25N3O3S. The molecule has 1 aliphatic heterocycles. The second-order valence-electron chi connectivity index (χ2n) is 7.18. The first-order valence-electron chi connectivity index (χ1n) is 9.91. The minimum atomic E-state index is 0.00636. The molecule has 1 fully saturated rings. The van der Waals surface area contributed by atoms with Crippen LogP contribution in [-0.4, -0.2) is 61.1 Å². The van der Waals surface area contributed by atoms with Gasteiger partial charge in [-0.05, 0) is 12.1 Å². The molecule has 2 aromatic carbocycles. The highest BCUT2D eigenvalue weighted by atomic mass is 32.1. The van der Waals surface area contributed by atoms with Gasteiger partial charge in [-0.3, -0.25) is 9.69 Å². The van der Waals surface area contributed by atoms with Crippen LogP contribution in [0.4, 0.5) is 0 Å². The van der Waals surface area contributed by atoms with Crippen LogP contribution >= 0.6 is 11.3 Å². The second kappa shape index (κ2) is 9.28. The van der Waals surface area contributed by atoms with Crippen molar-refractivity contribution >= 4 is 17.2 Å². The fraction of sp³-hybridized carbons (Fsp3) is 0.304. The minimum Gasteiger partial charge on any atom is -0.497 e. The van der Waals surface area contributed by atoms with Crippen molar-refractivity contribution in [1.29, 1.82) is 0 Å². The summed E-state index contributed by atoms with van der Waals surface area (Å²) < 4.78 is 10.6. The third-order valence-corrected chi connectivity index (χ3v) is 6.16. The van der Waals surface area contributed by atoms with Gasteiger partial charge in [-0.1, -0.05) is 30.3 Å². The maximum Gasteiger partial charge on any atom is 0.254 e. The molecule has 2 heterocycles. The van der Waals surface area contributed by atoms with E-state index in [0.29, 0.717) is 30.2 Å². The Morgan fingerprint density at radius 1 is 1.00 bits per heavy atom. The predicted molar refractivity (Wildman–Crippen MR) is 118 cm³/mol. The molecule has 0 bridgehead atoms. The highest BCUT2D eigenvalue weighted by Gasteiger charge is 2.23. The molecular weight excluding hydrogens is 398 g/mol. The van der Waals surface area contributed by atoms with Gasteiger partial charge in [0.15, 0.2) is 0 Å². The van der Waals surface area contributed by atoms with E-state index in [1.54, 1.807) is 43.8 Å². The second-order valence-corrected chi connectivity index (χ2v) is 8.04. The van der Waals surface area contributed by atoms with Gasteiger partial charge in [0.25, 0.3) is 5.91 Å². The zero-order valence-electron chi connectivity index (χ0n) is 17.2. The Morgan fingerprint density at radius 2 is 1.67 bits per heavy atom. The monoisotopic (exact) mass is 423 g/mol. The van der Waals surface area contributed by atoms with Crippen LogP contribution in [0.15, 0.2) is 53.9 Å². The molecule has 7 heteroatoms. The van der Waals surface area contributed by atoms with E-state index in [2.05, 4.69) is 22.4 Å². The first kappa shape index (κ1) is 20.4. The molecule has 0 radical (unpaired) electrons. The lowest BCUT2D eigenvalue weighted by atomic mass is 10.1. The Balaban J connectivity index is 1.35. The van der Waals surface area contributed by atoms with E-state index >= 15 is 0 Å². The molecule has 0 N–H and O–H groups in total. The molecule has 4 rings (SSSR count). The number of hydrogen-bond acceptors (Lipinski definition) is 6. The van der Waals surface area contributed by atoms with Crippen LogP contribution in [0.25, 0.3) is 10.6 Å². The number of aromatic nitrogens is 1. The number of nitrogens with zero attached hydrogens (tertiary/aromatic N) is 3. The smallest absolute Gasteiger partial charge is 0.254 e. The van der Waals surface area contributed by atoms with E-state index in [-0.39, 0.29) is 5.91 Å². The Labute approximate surface area is 180 Å². The third-order valence-electron chi connectivity index (χ3n) is 5.22. The van der Waals surface area contributed by atoms with Gasteiger partial charge in [0.05, 0.1) is 19.9 Å². The number of thiazole rings is 1. The van der Waals surface area contributed by atoms with Crippen LogP contribution in [0.5, 0.6) is 11.5 Å². The molecule has 0 saturated carbocycles. The third kappa shape index (κ3) is 4.63. The Morgan fingerprint density at radius 3 is 2.30 bits per heavy atom. The lowest BCUT2D eigenvalue weighted by Crippen LogP contribution is -2.48. The standard InChI is InChI=1S/C23H25N3O3S/c1-28-20-12-18(13-21(14-20)29-2)23(27)26-10-8-25(9-11-26)15-19-16-30-22(24-19)17-6-4-3-5-7-17/h3-7,12-14,16H,8-11,15H2,1-2H3. The maximum absolute atomic E-state index is 12.9. The predicted octanol–water partition coefficient (Wildman–Crippen LogP) is 3.79. The number of amides is 1. The highest BCUT2D eigenvalue weighted by molar-refractivity contribution is 7.13. The maximum atomic E-state index is 12.9. The summed E-state index contributed by atoms with van der Waals surface area (Å²) in [6, 6.07) is 15.5. The van der Waals surface area contributed by atoms with E-state index in [9.17, 15) is 4.79 Å². The number of methoxy groups -OCH3 is 2. The Bertz CT molecular complexity index is 976. The summed E-state index contributed by atoms with van der Waals surface area (Å²) in [4.78, 5) is 22.0. The summed E-state index contributed by atoms with van der Waals surface area (Å²) in [5, 5.41) is 3.17. The highest BCUT2D eigenvalue weighted by Crippen LogP contribution is 2.25. The topological polar surface area (TPSA) is 54.9 Å². The number of ether oxygens (including phenoxy) is 2. The van der Waals surface area contributed by atoms with Crippen molar-refractivity contribution in [2.24, 2.45) is 0 Å². The van der Waals surface area contributed by atoms with Crippen molar-refractivity contribution in [3.63, 3.8) is 0 Å². The van der Waals surface area contributed by atoms with Crippen LogP contribution in [0.1, 0.15) is 16.1 Å². The van der Waals surface area contributed by atoms with Gasteiger partial charge in [-0.25, -0.2) is 4.98 Å². The fourth-order valence-electron chi connectivity index (χ4n) is 3.54. The summed E-state index contributed by atoms with van der Waals surface area (Å²) in [6.45, 7) is 3.83. The number of benzene rings is 2. The van der Waals surface area contributed by atoms with Crippen LogP contribution in [-0.2, 0) is 6.54 Å². The molecule has 1 saturated heterocycles. The molecule has 0 unspecified atom stereocenters. The molecule has 1 aromatic heterocycles. The largest absolute Gasteiger partial charge is 0.497 e. The lowest BCUT2D eigenvalue weighted by Gasteiger charge is -2.34. The fourth-order valence-corrected chi connectivity index (χ4v) is 4.36. The average Bonchev–Trinajstić information content (AvgIpc) is 3.27. The zero-order valence-corrected chi connectivity index (χ0v) is 18.0. The van der Waals surface area contributed by atoms with E-state index in [4.69, 9.17) is 14.5 Å². The number of piperazine rings is 1. The van der Waals surface area contributed by atoms with Gasteiger partial charge < -0.3 is 14.4 Å². The SMILES string of the molecule is COc1cc(OC)cc(C(=O)N2CCN(Cc3csc(-c4ccccc4)n3)CC2)c1. The summed E-state index contributed by atoms with van der Waals surface area (Å²) in [5.74, 6) is 1.25. The van der Waals surface area contributed by atoms with Gasteiger partial charge in [0, 0.05) is 55.3 Å². The van der Waals surface area contributed by atoms with Crippen molar-refractivity contribution in [3.8, 4) is 22.1 Å². The number of hydrogen-bond donors (Lipinski definition) is 0. The van der Waals surface area contributed by atoms with Crippen molar-refractivity contribution in [1.82, 2.24) is 14.8 Å². The van der Waals surface area contributed by atoms with E-state index < -0.39 is 0 Å². The molecule has 0 aliphatic carbocycles. The summed E-state index contributed by atoms with van der Waals surface area (Å²) in [6.07, 6.45) is 0. The molecule has 1 aliphatic rings. The van der Waals surface area contributed by atoms with Crippen molar-refractivity contribution in [2.45, 2.75) is 6.54 Å². The molecule has 1 amide bonds. The van der Waals surface area contributed by atoms with E-state index in [1.165, 1.54) is 0 Å². The van der Waals surface area contributed by atoms with Crippen LogP contribution in [0, 0.1) is 0 Å². The van der Waals surface area contributed by atoms with E-state index in [0.717, 1.165) is 35.9 Å². The summed E-state index contributed by atoms with van der Waals surface area (Å²) in [5.41, 5.74) is 2.82. The lowest BCUT2D eigenvalue weighted by molar-refractivity contribution is 0.0626. The van der Waals surface area contributed by atoms with Gasteiger partial charge >= 0.3 is 0 Å².